The molecule has 0 radical (unpaired) electrons. The fourth-order valence-electron chi connectivity index (χ4n) is 3.23. The van der Waals surface area contributed by atoms with E-state index in [4.69, 9.17) is 0 Å². The van der Waals surface area contributed by atoms with Gasteiger partial charge in [0.05, 0.1) is 6.04 Å². The van der Waals surface area contributed by atoms with E-state index >= 15 is 0 Å². The van der Waals surface area contributed by atoms with Crippen molar-refractivity contribution < 1.29 is 0 Å². The van der Waals surface area contributed by atoms with Gasteiger partial charge in [-0.1, -0.05) is 0 Å². The van der Waals surface area contributed by atoms with Crippen LogP contribution in [-0.2, 0) is 0 Å². The third-order valence-corrected chi connectivity index (χ3v) is 4.54. The molecule has 3 heterocycles. The fraction of sp³-hybridized carbons (Fsp3) is 0.556. The second kappa shape index (κ2) is 7.63. The highest BCUT2D eigenvalue weighted by molar-refractivity contribution is 5.41. The third-order valence-electron chi connectivity index (χ3n) is 4.54. The van der Waals surface area contributed by atoms with Crippen molar-refractivity contribution >= 4 is 11.6 Å². The Labute approximate surface area is 148 Å². The van der Waals surface area contributed by atoms with Gasteiger partial charge in [0, 0.05) is 37.0 Å². The average Bonchev–Trinajstić information content (AvgIpc) is 2.60. The normalized spacial score (nSPS) is 17.8. The zero-order valence-corrected chi connectivity index (χ0v) is 15.1. The number of hydrogen-bond donors (Lipinski definition) is 1. The molecule has 1 unspecified atom stereocenters. The predicted molar refractivity (Wildman–Crippen MR) is 99.1 cm³/mol. The van der Waals surface area contributed by atoms with Gasteiger partial charge in [0.1, 0.15) is 18.0 Å². The predicted octanol–water partition coefficient (Wildman–Crippen LogP) is 2.39. The summed E-state index contributed by atoms with van der Waals surface area (Å²) in [7, 11) is 0. The summed E-state index contributed by atoms with van der Waals surface area (Å²) in [4.78, 5) is 22.7. The number of aromatic nitrogens is 4. The molecular formula is C18H26N6O. The van der Waals surface area contributed by atoms with Crippen molar-refractivity contribution in [2.75, 3.05) is 23.3 Å². The van der Waals surface area contributed by atoms with Gasteiger partial charge in [-0.15, -0.1) is 0 Å². The highest BCUT2D eigenvalue weighted by Gasteiger charge is 2.24. The number of anilines is 2. The highest BCUT2D eigenvalue weighted by Crippen LogP contribution is 2.23. The van der Waals surface area contributed by atoms with Gasteiger partial charge < -0.3 is 10.2 Å². The molecule has 0 aromatic carbocycles. The van der Waals surface area contributed by atoms with Crippen molar-refractivity contribution in [3.8, 4) is 0 Å². The van der Waals surface area contributed by atoms with Gasteiger partial charge in [-0.05, 0) is 46.1 Å². The maximum absolute atomic E-state index is 12.0. The lowest BCUT2D eigenvalue weighted by atomic mass is 10.0. The number of aryl methyl sites for hydroxylation is 1. The summed E-state index contributed by atoms with van der Waals surface area (Å²) in [6, 6.07) is 5.79. The summed E-state index contributed by atoms with van der Waals surface area (Å²) < 4.78 is 1.56. The second-order valence-corrected chi connectivity index (χ2v) is 6.84. The average molecular weight is 342 g/mol. The first-order valence-corrected chi connectivity index (χ1v) is 8.93. The van der Waals surface area contributed by atoms with Gasteiger partial charge in [-0.25, -0.2) is 14.6 Å². The Balaban J connectivity index is 1.77. The Morgan fingerprint density at radius 1 is 1.28 bits per heavy atom. The largest absolute Gasteiger partial charge is 0.368 e. The summed E-state index contributed by atoms with van der Waals surface area (Å²) in [5, 5.41) is 8.01. The third kappa shape index (κ3) is 4.15. The van der Waals surface area contributed by atoms with Crippen LogP contribution >= 0.6 is 0 Å². The lowest BCUT2D eigenvalue weighted by Crippen LogP contribution is -2.45. The van der Waals surface area contributed by atoms with E-state index < -0.39 is 0 Å². The molecule has 7 nitrogen and oxygen atoms in total. The van der Waals surface area contributed by atoms with Gasteiger partial charge in [0.25, 0.3) is 5.56 Å². The number of hydrogen-bond acceptors (Lipinski definition) is 6. The monoisotopic (exact) mass is 342 g/mol. The molecule has 134 valence electrons. The van der Waals surface area contributed by atoms with E-state index in [1.54, 1.807) is 17.1 Å². The van der Waals surface area contributed by atoms with Crippen molar-refractivity contribution in [2.24, 2.45) is 0 Å². The molecular weight excluding hydrogens is 316 g/mol. The Bertz CT molecular complexity index is 772. The lowest BCUT2D eigenvalue weighted by Gasteiger charge is -2.37. The summed E-state index contributed by atoms with van der Waals surface area (Å²) in [5.74, 6) is 1.72. The Morgan fingerprint density at radius 2 is 2.12 bits per heavy atom. The van der Waals surface area contributed by atoms with Gasteiger partial charge in [0.2, 0.25) is 0 Å². The van der Waals surface area contributed by atoms with Crippen LogP contribution in [0.1, 0.15) is 44.8 Å². The Morgan fingerprint density at radius 3 is 2.88 bits per heavy atom. The zero-order valence-electron chi connectivity index (χ0n) is 15.1. The van der Waals surface area contributed by atoms with E-state index in [-0.39, 0.29) is 11.6 Å². The maximum atomic E-state index is 12.0. The van der Waals surface area contributed by atoms with Crippen molar-refractivity contribution in [2.45, 2.75) is 52.1 Å². The number of nitrogens with zero attached hydrogens (tertiary/aromatic N) is 5. The minimum atomic E-state index is -0.0538. The SMILES string of the molecule is Cc1cc(NCC2CCCCN2c2ccc(=O)n(C(C)C)n2)ncn1. The number of piperidine rings is 1. The maximum Gasteiger partial charge on any atom is 0.267 e. The van der Waals surface area contributed by atoms with Crippen LogP contribution in [0.25, 0.3) is 0 Å². The van der Waals surface area contributed by atoms with E-state index in [2.05, 4.69) is 25.3 Å². The van der Waals surface area contributed by atoms with Crippen LogP contribution < -0.4 is 15.8 Å². The molecule has 1 atom stereocenters. The van der Waals surface area contributed by atoms with Crippen LogP contribution in [0.3, 0.4) is 0 Å². The molecule has 0 spiro atoms. The van der Waals surface area contributed by atoms with Crippen LogP contribution in [0.15, 0.2) is 29.3 Å². The first-order valence-electron chi connectivity index (χ1n) is 8.93. The van der Waals surface area contributed by atoms with Crippen LogP contribution in [0, 0.1) is 6.92 Å². The van der Waals surface area contributed by atoms with Crippen molar-refractivity contribution in [3.63, 3.8) is 0 Å². The van der Waals surface area contributed by atoms with Crippen molar-refractivity contribution in [1.82, 2.24) is 19.7 Å². The highest BCUT2D eigenvalue weighted by atomic mass is 16.1. The van der Waals surface area contributed by atoms with E-state index in [9.17, 15) is 4.79 Å². The van der Waals surface area contributed by atoms with E-state index in [0.29, 0.717) is 6.04 Å². The molecule has 1 N–H and O–H groups in total. The minimum Gasteiger partial charge on any atom is -0.368 e. The van der Waals surface area contributed by atoms with E-state index in [0.717, 1.165) is 43.3 Å². The molecule has 0 bridgehead atoms. The number of rotatable bonds is 5. The van der Waals surface area contributed by atoms with Crippen LogP contribution in [0.4, 0.5) is 11.6 Å². The molecule has 1 fully saturated rings. The van der Waals surface area contributed by atoms with Crippen LogP contribution in [0.5, 0.6) is 0 Å². The first kappa shape index (κ1) is 17.4. The first-order chi connectivity index (χ1) is 12.0. The van der Waals surface area contributed by atoms with Crippen LogP contribution in [-0.4, -0.2) is 38.9 Å². The quantitative estimate of drug-likeness (QED) is 0.899. The molecule has 7 heteroatoms. The van der Waals surface area contributed by atoms with Gasteiger partial charge >= 0.3 is 0 Å². The Kier molecular flexibility index (Phi) is 5.31. The molecule has 0 aliphatic carbocycles. The van der Waals surface area contributed by atoms with E-state index in [1.165, 1.54) is 6.42 Å². The summed E-state index contributed by atoms with van der Waals surface area (Å²) in [6.45, 7) is 7.66. The molecule has 1 saturated heterocycles. The molecule has 2 aromatic heterocycles. The standard InChI is InChI=1S/C18H26N6O/c1-13(2)24-18(25)8-7-17(22-24)23-9-5-4-6-15(23)11-19-16-10-14(3)20-12-21-16/h7-8,10,12-13,15H,4-6,9,11H2,1-3H3,(H,19,20,21). The fourth-order valence-corrected chi connectivity index (χ4v) is 3.23. The molecule has 2 aromatic rings. The molecule has 25 heavy (non-hydrogen) atoms. The van der Waals surface area contributed by atoms with E-state index in [1.807, 2.05) is 32.9 Å². The molecule has 1 aliphatic rings. The Hall–Kier alpha value is -2.44. The summed E-state index contributed by atoms with van der Waals surface area (Å²) >= 11 is 0. The molecule has 3 rings (SSSR count). The van der Waals surface area contributed by atoms with Crippen molar-refractivity contribution in [3.05, 3.63) is 40.6 Å². The minimum absolute atomic E-state index is 0.0535. The zero-order chi connectivity index (χ0) is 17.8. The van der Waals surface area contributed by atoms with Crippen molar-refractivity contribution in [1.29, 1.82) is 0 Å². The second-order valence-electron chi connectivity index (χ2n) is 6.84. The number of nitrogens with one attached hydrogen (secondary N) is 1. The van der Waals surface area contributed by atoms with Gasteiger partial charge in [0.15, 0.2) is 0 Å². The van der Waals surface area contributed by atoms with Gasteiger partial charge in [-0.3, -0.25) is 4.79 Å². The lowest BCUT2D eigenvalue weighted by molar-refractivity contribution is 0.451. The smallest absolute Gasteiger partial charge is 0.267 e. The molecule has 0 saturated carbocycles. The molecule has 0 amide bonds. The summed E-state index contributed by atoms with van der Waals surface area (Å²) in [6.07, 6.45) is 5.02. The summed E-state index contributed by atoms with van der Waals surface area (Å²) in [5.41, 5.74) is 0.894. The van der Waals surface area contributed by atoms with Gasteiger partial charge in [-0.2, -0.15) is 5.10 Å². The van der Waals surface area contributed by atoms with Crippen LogP contribution in [0.2, 0.25) is 0 Å². The topological polar surface area (TPSA) is 75.9 Å². The molecule has 1 aliphatic heterocycles.